The SMILES string of the molecule is COC(=O)c1cc(C(C)=O)ccc1OCc1ccc(OC)cc1. The Kier molecular flexibility index (Phi) is 5.36. The van der Waals surface area contributed by atoms with Crippen molar-refractivity contribution in [3.63, 3.8) is 0 Å². The quantitative estimate of drug-likeness (QED) is 0.605. The fourth-order valence-electron chi connectivity index (χ4n) is 2.03. The number of hydrogen-bond donors (Lipinski definition) is 0. The Bertz CT molecular complexity index is 704. The molecule has 2 aromatic carbocycles. The predicted octanol–water partition coefficient (Wildman–Crippen LogP) is 3.26. The summed E-state index contributed by atoms with van der Waals surface area (Å²) in [6.07, 6.45) is 0. The molecule has 0 heterocycles. The van der Waals surface area contributed by atoms with Crippen LogP contribution in [0.3, 0.4) is 0 Å². The summed E-state index contributed by atoms with van der Waals surface area (Å²) in [5, 5.41) is 0. The van der Waals surface area contributed by atoms with E-state index in [2.05, 4.69) is 0 Å². The van der Waals surface area contributed by atoms with Gasteiger partial charge in [-0.1, -0.05) is 12.1 Å². The molecule has 0 unspecified atom stereocenters. The van der Waals surface area contributed by atoms with Crippen LogP contribution in [-0.2, 0) is 11.3 Å². The highest BCUT2D eigenvalue weighted by Gasteiger charge is 2.15. The number of carbonyl (C=O) groups is 2. The third-order valence-electron chi connectivity index (χ3n) is 3.34. The van der Waals surface area contributed by atoms with E-state index in [1.54, 1.807) is 19.2 Å². The first-order valence-electron chi connectivity index (χ1n) is 7.04. The molecule has 0 radical (unpaired) electrons. The average Bonchev–Trinajstić information content (AvgIpc) is 2.59. The Morgan fingerprint density at radius 3 is 2.26 bits per heavy atom. The Morgan fingerprint density at radius 1 is 1.00 bits per heavy atom. The van der Waals surface area contributed by atoms with Crippen molar-refractivity contribution < 1.29 is 23.8 Å². The molecule has 120 valence electrons. The van der Waals surface area contributed by atoms with Crippen LogP contribution in [-0.4, -0.2) is 26.0 Å². The highest BCUT2D eigenvalue weighted by atomic mass is 16.5. The van der Waals surface area contributed by atoms with Crippen LogP contribution in [0.1, 0.15) is 33.2 Å². The number of ether oxygens (including phenoxy) is 3. The molecule has 2 rings (SSSR count). The molecule has 0 aromatic heterocycles. The summed E-state index contributed by atoms with van der Waals surface area (Å²) in [5.74, 6) is 0.460. The van der Waals surface area contributed by atoms with E-state index < -0.39 is 5.97 Å². The molecule has 0 saturated carbocycles. The topological polar surface area (TPSA) is 61.8 Å². The minimum absolute atomic E-state index is 0.128. The van der Waals surface area contributed by atoms with E-state index in [4.69, 9.17) is 14.2 Å². The van der Waals surface area contributed by atoms with E-state index in [0.29, 0.717) is 11.3 Å². The molecule has 0 amide bonds. The number of carbonyl (C=O) groups excluding carboxylic acids is 2. The van der Waals surface area contributed by atoms with Crippen LogP contribution in [0, 0.1) is 0 Å². The fourth-order valence-corrected chi connectivity index (χ4v) is 2.03. The minimum atomic E-state index is -0.544. The molecule has 5 heteroatoms. The Hall–Kier alpha value is -2.82. The number of benzene rings is 2. The third kappa shape index (κ3) is 4.10. The molecule has 0 bridgehead atoms. The molecule has 0 N–H and O–H groups in total. The van der Waals surface area contributed by atoms with Gasteiger partial charge in [0.2, 0.25) is 0 Å². The van der Waals surface area contributed by atoms with Crippen LogP contribution >= 0.6 is 0 Å². The maximum atomic E-state index is 11.9. The van der Waals surface area contributed by atoms with Crippen LogP contribution in [0.4, 0.5) is 0 Å². The summed E-state index contributed by atoms with van der Waals surface area (Å²) in [7, 11) is 2.89. The lowest BCUT2D eigenvalue weighted by atomic mass is 10.1. The lowest BCUT2D eigenvalue weighted by molar-refractivity contribution is 0.0595. The zero-order chi connectivity index (χ0) is 16.8. The van der Waals surface area contributed by atoms with E-state index in [0.717, 1.165) is 11.3 Å². The van der Waals surface area contributed by atoms with Crippen LogP contribution in [0.5, 0.6) is 11.5 Å². The van der Waals surface area contributed by atoms with Crippen LogP contribution < -0.4 is 9.47 Å². The number of ketones is 1. The number of hydrogen-bond acceptors (Lipinski definition) is 5. The first kappa shape index (κ1) is 16.5. The first-order valence-corrected chi connectivity index (χ1v) is 7.04. The molecule has 0 saturated heterocycles. The second kappa shape index (κ2) is 7.45. The van der Waals surface area contributed by atoms with Gasteiger partial charge in [-0.15, -0.1) is 0 Å². The third-order valence-corrected chi connectivity index (χ3v) is 3.34. The van der Waals surface area contributed by atoms with Gasteiger partial charge in [0, 0.05) is 5.56 Å². The van der Waals surface area contributed by atoms with E-state index in [9.17, 15) is 9.59 Å². The van der Waals surface area contributed by atoms with Crippen molar-refractivity contribution in [1.29, 1.82) is 0 Å². The van der Waals surface area contributed by atoms with Gasteiger partial charge in [0.1, 0.15) is 23.7 Å². The minimum Gasteiger partial charge on any atom is -0.497 e. The summed E-state index contributed by atoms with van der Waals surface area (Å²) in [5.41, 5.74) is 1.59. The molecular weight excluding hydrogens is 296 g/mol. The van der Waals surface area contributed by atoms with Gasteiger partial charge in [-0.05, 0) is 42.8 Å². The van der Waals surface area contributed by atoms with Gasteiger partial charge in [-0.2, -0.15) is 0 Å². The Morgan fingerprint density at radius 2 is 1.70 bits per heavy atom. The first-order chi connectivity index (χ1) is 11.0. The zero-order valence-corrected chi connectivity index (χ0v) is 13.3. The van der Waals surface area contributed by atoms with Crippen molar-refractivity contribution in [3.8, 4) is 11.5 Å². The number of methoxy groups -OCH3 is 2. The van der Waals surface area contributed by atoms with Gasteiger partial charge >= 0.3 is 5.97 Å². The molecular formula is C18H18O5. The Balaban J connectivity index is 2.20. The van der Waals surface area contributed by atoms with Gasteiger partial charge in [0.25, 0.3) is 0 Å². The van der Waals surface area contributed by atoms with Gasteiger partial charge in [-0.3, -0.25) is 4.79 Å². The molecule has 0 aliphatic carbocycles. The second-order valence-corrected chi connectivity index (χ2v) is 4.90. The molecule has 2 aromatic rings. The highest BCUT2D eigenvalue weighted by Crippen LogP contribution is 2.23. The molecule has 0 aliphatic rings. The number of Topliss-reactive ketones (excluding diaryl/α,β-unsaturated/α-hetero) is 1. The summed E-state index contributed by atoms with van der Waals surface area (Å²) >= 11 is 0. The van der Waals surface area contributed by atoms with Crippen molar-refractivity contribution in [2.24, 2.45) is 0 Å². The number of esters is 1. The van der Waals surface area contributed by atoms with E-state index in [1.165, 1.54) is 20.1 Å². The van der Waals surface area contributed by atoms with Crippen molar-refractivity contribution in [1.82, 2.24) is 0 Å². The smallest absolute Gasteiger partial charge is 0.341 e. The van der Waals surface area contributed by atoms with Crippen LogP contribution in [0.15, 0.2) is 42.5 Å². The summed E-state index contributed by atoms with van der Waals surface area (Å²) in [4.78, 5) is 23.3. The molecule has 0 aliphatic heterocycles. The molecule has 0 atom stereocenters. The summed E-state index contributed by atoms with van der Waals surface area (Å²) < 4.78 is 15.5. The normalized spacial score (nSPS) is 10.0. The Labute approximate surface area is 134 Å². The molecule has 0 spiro atoms. The monoisotopic (exact) mass is 314 g/mol. The highest BCUT2D eigenvalue weighted by molar-refractivity contribution is 5.99. The van der Waals surface area contributed by atoms with E-state index >= 15 is 0 Å². The zero-order valence-electron chi connectivity index (χ0n) is 13.3. The number of rotatable bonds is 6. The molecule has 5 nitrogen and oxygen atoms in total. The molecule has 23 heavy (non-hydrogen) atoms. The summed E-state index contributed by atoms with van der Waals surface area (Å²) in [6, 6.07) is 12.1. The standard InChI is InChI=1S/C18H18O5/c1-12(19)14-6-9-17(16(10-14)18(20)22-3)23-11-13-4-7-15(21-2)8-5-13/h4-10H,11H2,1-3H3. The fraction of sp³-hybridized carbons (Fsp3) is 0.222. The van der Waals surface area contributed by atoms with E-state index in [-0.39, 0.29) is 18.0 Å². The molecule has 0 fully saturated rings. The van der Waals surface area contributed by atoms with Crippen molar-refractivity contribution in [2.45, 2.75) is 13.5 Å². The van der Waals surface area contributed by atoms with Crippen LogP contribution in [0.2, 0.25) is 0 Å². The lowest BCUT2D eigenvalue weighted by Gasteiger charge is -2.11. The van der Waals surface area contributed by atoms with Crippen molar-refractivity contribution in [3.05, 3.63) is 59.2 Å². The van der Waals surface area contributed by atoms with Gasteiger partial charge < -0.3 is 14.2 Å². The second-order valence-electron chi connectivity index (χ2n) is 4.90. The largest absolute Gasteiger partial charge is 0.497 e. The van der Waals surface area contributed by atoms with Gasteiger partial charge in [0.05, 0.1) is 14.2 Å². The maximum Gasteiger partial charge on any atom is 0.341 e. The van der Waals surface area contributed by atoms with Crippen molar-refractivity contribution in [2.75, 3.05) is 14.2 Å². The lowest BCUT2D eigenvalue weighted by Crippen LogP contribution is -2.07. The average molecular weight is 314 g/mol. The predicted molar refractivity (Wildman–Crippen MR) is 85.1 cm³/mol. The van der Waals surface area contributed by atoms with Crippen molar-refractivity contribution >= 4 is 11.8 Å². The maximum absolute atomic E-state index is 11.9. The van der Waals surface area contributed by atoms with Gasteiger partial charge in [-0.25, -0.2) is 4.79 Å². The van der Waals surface area contributed by atoms with E-state index in [1.807, 2.05) is 24.3 Å². The van der Waals surface area contributed by atoms with Crippen LogP contribution in [0.25, 0.3) is 0 Å². The summed E-state index contributed by atoms with van der Waals surface area (Å²) in [6.45, 7) is 1.72. The van der Waals surface area contributed by atoms with Gasteiger partial charge in [0.15, 0.2) is 5.78 Å².